The first-order chi connectivity index (χ1) is 11.8. The average molecular weight is 320 g/mol. The van der Waals surface area contributed by atoms with Crippen LogP contribution in [-0.2, 0) is 4.79 Å². The van der Waals surface area contributed by atoms with Gasteiger partial charge in [0, 0.05) is 6.20 Å². The molecule has 1 amide bonds. The van der Waals surface area contributed by atoms with Crippen LogP contribution in [0.2, 0.25) is 0 Å². The average Bonchev–Trinajstić information content (AvgIpc) is 3.14. The van der Waals surface area contributed by atoms with Crippen molar-refractivity contribution in [1.29, 1.82) is 0 Å². The molecular weight excluding hydrogens is 304 g/mol. The number of ether oxygens (including phenoxy) is 1. The van der Waals surface area contributed by atoms with Gasteiger partial charge < -0.3 is 14.5 Å². The van der Waals surface area contributed by atoms with Crippen LogP contribution in [0.4, 0.5) is 5.82 Å². The topological polar surface area (TPSA) is 64.4 Å². The van der Waals surface area contributed by atoms with Crippen molar-refractivity contribution in [2.24, 2.45) is 0 Å². The van der Waals surface area contributed by atoms with E-state index >= 15 is 0 Å². The Morgan fingerprint density at radius 1 is 1.17 bits per heavy atom. The van der Waals surface area contributed by atoms with E-state index in [9.17, 15) is 4.79 Å². The molecule has 0 atom stereocenters. The minimum Gasteiger partial charge on any atom is -0.497 e. The number of furan rings is 1. The Morgan fingerprint density at radius 3 is 2.79 bits per heavy atom. The molecule has 0 saturated heterocycles. The van der Waals surface area contributed by atoms with Crippen molar-refractivity contribution in [2.45, 2.75) is 0 Å². The van der Waals surface area contributed by atoms with E-state index in [1.54, 1.807) is 56.0 Å². The van der Waals surface area contributed by atoms with E-state index in [2.05, 4.69) is 10.3 Å². The third kappa shape index (κ3) is 3.70. The molecule has 5 nitrogen and oxygen atoms in total. The number of carbonyl (C=O) groups excluding carboxylic acids is 1. The van der Waals surface area contributed by atoms with E-state index in [1.165, 1.54) is 0 Å². The summed E-state index contributed by atoms with van der Waals surface area (Å²) in [7, 11) is 1.59. The Labute approximate surface area is 139 Å². The first-order valence-electron chi connectivity index (χ1n) is 7.38. The lowest BCUT2D eigenvalue weighted by Gasteiger charge is -2.10. The second-order valence-electron chi connectivity index (χ2n) is 4.97. The van der Waals surface area contributed by atoms with Crippen molar-refractivity contribution in [3.63, 3.8) is 0 Å². The third-order valence-electron chi connectivity index (χ3n) is 3.36. The van der Waals surface area contributed by atoms with Gasteiger partial charge in [-0.1, -0.05) is 18.2 Å². The number of nitrogens with zero attached hydrogens (tertiary/aromatic N) is 1. The summed E-state index contributed by atoms with van der Waals surface area (Å²) < 4.78 is 10.6. The molecule has 0 aliphatic rings. The molecule has 0 saturated carbocycles. The lowest BCUT2D eigenvalue weighted by molar-refractivity contribution is -0.111. The molecule has 0 fully saturated rings. The van der Waals surface area contributed by atoms with Crippen LogP contribution in [0.1, 0.15) is 11.3 Å². The minimum atomic E-state index is -0.279. The first-order valence-corrected chi connectivity index (χ1v) is 7.38. The van der Waals surface area contributed by atoms with Crippen molar-refractivity contribution in [3.8, 4) is 5.75 Å². The van der Waals surface area contributed by atoms with Gasteiger partial charge in [-0.2, -0.15) is 0 Å². The maximum absolute atomic E-state index is 12.7. The minimum absolute atomic E-state index is 0.279. The quantitative estimate of drug-likeness (QED) is 0.725. The molecule has 120 valence electrons. The molecular formula is C19H16N2O3. The predicted molar refractivity (Wildman–Crippen MR) is 92.4 cm³/mol. The molecule has 2 heterocycles. The van der Waals surface area contributed by atoms with Crippen molar-refractivity contribution >= 4 is 23.4 Å². The Morgan fingerprint density at radius 2 is 2.08 bits per heavy atom. The molecule has 0 aliphatic carbocycles. The molecule has 5 heteroatoms. The Bertz CT molecular complexity index is 840. The van der Waals surface area contributed by atoms with E-state index in [0.29, 0.717) is 22.9 Å². The smallest absolute Gasteiger partial charge is 0.257 e. The van der Waals surface area contributed by atoms with Gasteiger partial charge in [0.05, 0.1) is 18.9 Å². The largest absolute Gasteiger partial charge is 0.497 e. The van der Waals surface area contributed by atoms with E-state index in [-0.39, 0.29) is 5.91 Å². The number of carbonyl (C=O) groups is 1. The highest BCUT2D eigenvalue weighted by atomic mass is 16.5. The van der Waals surface area contributed by atoms with Crippen LogP contribution in [0.15, 0.2) is 71.5 Å². The molecule has 3 rings (SSSR count). The molecule has 0 aliphatic heterocycles. The lowest BCUT2D eigenvalue weighted by atomic mass is 10.0. The molecule has 2 aromatic heterocycles. The standard InChI is InChI=1S/C19H16N2O3/c1-23-15-7-4-6-14(12-15)17(13-16-8-5-11-24-16)19(22)21-18-9-2-3-10-20-18/h2-13H,1H3,(H,20,21,22). The number of methoxy groups -OCH3 is 1. The van der Waals surface area contributed by atoms with Gasteiger partial charge in [0.15, 0.2) is 0 Å². The summed E-state index contributed by atoms with van der Waals surface area (Å²) in [4.78, 5) is 16.9. The molecule has 1 aromatic carbocycles. The zero-order chi connectivity index (χ0) is 16.8. The van der Waals surface area contributed by atoms with Gasteiger partial charge in [-0.05, 0) is 48.0 Å². The monoisotopic (exact) mass is 320 g/mol. The SMILES string of the molecule is COc1cccc(C(=Cc2ccco2)C(=O)Nc2ccccn2)c1. The van der Waals surface area contributed by atoms with Crippen molar-refractivity contribution in [2.75, 3.05) is 12.4 Å². The highest BCUT2D eigenvalue weighted by molar-refractivity contribution is 6.28. The fourth-order valence-electron chi connectivity index (χ4n) is 2.21. The van der Waals surface area contributed by atoms with Gasteiger partial charge in [0.1, 0.15) is 17.3 Å². The summed E-state index contributed by atoms with van der Waals surface area (Å²) in [5.74, 6) is 1.46. The molecule has 1 N–H and O–H groups in total. The number of anilines is 1. The van der Waals surface area contributed by atoms with E-state index in [0.717, 1.165) is 5.56 Å². The van der Waals surface area contributed by atoms with Crippen LogP contribution in [0.25, 0.3) is 11.6 Å². The number of pyridine rings is 1. The molecule has 24 heavy (non-hydrogen) atoms. The van der Waals surface area contributed by atoms with Gasteiger partial charge in [-0.3, -0.25) is 4.79 Å². The van der Waals surface area contributed by atoms with Crippen molar-refractivity contribution in [1.82, 2.24) is 4.98 Å². The summed E-state index contributed by atoms with van der Waals surface area (Å²) in [6.45, 7) is 0. The number of hydrogen-bond donors (Lipinski definition) is 1. The lowest BCUT2D eigenvalue weighted by Crippen LogP contribution is -2.14. The van der Waals surface area contributed by atoms with Crippen LogP contribution >= 0.6 is 0 Å². The van der Waals surface area contributed by atoms with Crippen LogP contribution in [0.5, 0.6) is 5.75 Å². The van der Waals surface area contributed by atoms with E-state index in [1.807, 2.05) is 24.3 Å². The zero-order valence-corrected chi connectivity index (χ0v) is 13.1. The number of hydrogen-bond acceptors (Lipinski definition) is 4. The summed E-state index contributed by atoms with van der Waals surface area (Å²) in [6.07, 6.45) is 4.87. The normalized spacial score (nSPS) is 11.1. The van der Waals surface area contributed by atoms with Crippen LogP contribution < -0.4 is 10.1 Å². The predicted octanol–water partition coefficient (Wildman–Crippen LogP) is 3.86. The number of nitrogens with one attached hydrogen (secondary N) is 1. The highest BCUT2D eigenvalue weighted by Gasteiger charge is 2.14. The third-order valence-corrected chi connectivity index (χ3v) is 3.36. The molecule has 0 spiro atoms. The van der Waals surface area contributed by atoms with Gasteiger partial charge in [0.25, 0.3) is 5.91 Å². The van der Waals surface area contributed by atoms with Gasteiger partial charge in [-0.15, -0.1) is 0 Å². The van der Waals surface area contributed by atoms with Gasteiger partial charge >= 0.3 is 0 Å². The van der Waals surface area contributed by atoms with Crippen molar-refractivity contribution < 1.29 is 13.9 Å². The summed E-state index contributed by atoms with van der Waals surface area (Å²) in [5, 5.41) is 2.79. The number of aromatic nitrogens is 1. The Kier molecular flexibility index (Phi) is 4.72. The maximum Gasteiger partial charge on any atom is 0.257 e. The Balaban J connectivity index is 1.97. The number of amides is 1. The molecule has 0 bridgehead atoms. The Hall–Kier alpha value is -3.34. The van der Waals surface area contributed by atoms with Crippen LogP contribution in [-0.4, -0.2) is 18.0 Å². The number of rotatable bonds is 5. The summed E-state index contributed by atoms with van der Waals surface area (Å²) in [5.41, 5.74) is 1.17. The van der Waals surface area contributed by atoms with Crippen molar-refractivity contribution in [3.05, 3.63) is 78.4 Å². The van der Waals surface area contributed by atoms with Crippen LogP contribution in [0.3, 0.4) is 0 Å². The second kappa shape index (κ2) is 7.28. The van der Waals surface area contributed by atoms with E-state index < -0.39 is 0 Å². The number of benzene rings is 1. The zero-order valence-electron chi connectivity index (χ0n) is 13.1. The maximum atomic E-state index is 12.7. The van der Waals surface area contributed by atoms with E-state index in [4.69, 9.17) is 9.15 Å². The fourth-order valence-corrected chi connectivity index (χ4v) is 2.21. The summed E-state index contributed by atoms with van der Waals surface area (Å²) >= 11 is 0. The molecule has 0 radical (unpaired) electrons. The molecule has 0 unspecified atom stereocenters. The highest BCUT2D eigenvalue weighted by Crippen LogP contribution is 2.24. The molecule has 3 aromatic rings. The van der Waals surface area contributed by atoms with Gasteiger partial charge in [0.2, 0.25) is 0 Å². The fraction of sp³-hybridized carbons (Fsp3) is 0.0526. The van der Waals surface area contributed by atoms with Gasteiger partial charge in [-0.25, -0.2) is 4.98 Å². The van der Waals surface area contributed by atoms with Crippen LogP contribution in [0, 0.1) is 0 Å². The first kappa shape index (κ1) is 15.6. The summed E-state index contributed by atoms with van der Waals surface area (Å²) in [6, 6.07) is 16.2. The second-order valence-corrected chi connectivity index (χ2v) is 4.97.